The van der Waals surface area contributed by atoms with Gasteiger partial charge in [0.25, 0.3) is 0 Å². The Morgan fingerprint density at radius 2 is 1.43 bits per heavy atom. The lowest BCUT2D eigenvalue weighted by Gasteiger charge is -2.18. The average molecular weight is 396 g/mol. The van der Waals surface area contributed by atoms with E-state index in [2.05, 4.69) is 35.6 Å². The number of carbonyl (C=O) groups is 1. The van der Waals surface area contributed by atoms with Crippen molar-refractivity contribution in [2.75, 3.05) is 13.2 Å². The number of fused-ring (bicyclic) bond motifs is 1. The fourth-order valence-electron chi connectivity index (χ4n) is 3.68. The molecule has 0 aliphatic carbocycles. The van der Waals surface area contributed by atoms with Crippen LogP contribution < -0.4 is 10.1 Å². The number of carbonyl (C=O) groups excluding carboxylic acids is 1. The van der Waals surface area contributed by atoms with Crippen LogP contribution in [0.2, 0.25) is 0 Å². The summed E-state index contributed by atoms with van der Waals surface area (Å²) in [5.41, 5.74) is 2.17. The monoisotopic (exact) mass is 395 g/mol. The van der Waals surface area contributed by atoms with Crippen molar-refractivity contribution in [3.05, 3.63) is 114 Å². The molecule has 1 atom stereocenters. The van der Waals surface area contributed by atoms with Crippen LogP contribution in [0.1, 0.15) is 17.0 Å². The van der Waals surface area contributed by atoms with Gasteiger partial charge in [-0.1, -0.05) is 97.1 Å². The van der Waals surface area contributed by atoms with Gasteiger partial charge >= 0.3 is 0 Å². The minimum absolute atomic E-state index is 0.0200. The second-order valence-electron chi connectivity index (χ2n) is 7.27. The number of amides is 1. The Labute approximate surface area is 177 Å². The molecule has 4 aromatic carbocycles. The van der Waals surface area contributed by atoms with Gasteiger partial charge < -0.3 is 10.1 Å². The Bertz CT molecular complexity index is 1090. The van der Waals surface area contributed by atoms with E-state index in [-0.39, 0.29) is 11.8 Å². The molecule has 150 valence electrons. The number of benzene rings is 4. The van der Waals surface area contributed by atoms with Crippen LogP contribution in [-0.2, 0) is 11.2 Å². The van der Waals surface area contributed by atoms with E-state index in [0.717, 1.165) is 27.6 Å². The molecule has 3 nitrogen and oxygen atoms in total. The zero-order valence-corrected chi connectivity index (χ0v) is 16.8. The third-order valence-electron chi connectivity index (χ3n) is 5.21. The summed E-state index contributed by atoms with van der Waals surface area (Å²) in [4.78, 5) is 13.0. The number of ether oxygens (including phenoxy) is 1. The summed E-state index contributed by atoms with van der Waals surface area (Å²) < 4.78 is 5.96. The molecule has 0 aliphatic rings. The van der Waals surface area contributed by atoms with Gasteiger partial charge in [-0.3, -0.25) is 4.79 Å². The lowest BCUT2D eigenvalue weighted by atomic mass is 9.91. The van der Waals surface area contributed by atoms with Crippen molar-refractivity contribution < 1.29 is 9.53 Å². The Kier molecular flexibility index (Phi) is 6.41. The van der Waals surface area contributed by atoms with E-state index in [1.54, 1.807) is 0 Å². The number of nitrogens with one attached hydrogen (secondary N) is 1. The molecule has 0 bridgehead atoms. The van der Waals surface area contributed by atoms with Gasteiger partial charge in [-0.15, -0.1) is 0 Å². The zero-order chi connectivity index (χ0) is 20.6. The maximum atomic E-state index is 13.0. The SMILES string of the molecule is O=C(NCCOc1cccc2ccccc12)[C@@H](Cc1ccccc1)c1ccccc1. The maximum absolute atomic E-state index is 13.0. The smallest absolute Gasteiger partial charge is 0.227 e. The minimum Gasteiger partial charge on any atom is -0.491 e. The van der Waals surface area contributed by atoms with E-state index in [9.17, 15) is 4.79 Å². The molecule has 0 saturated heterocycles. The Morgan fingerprint density at radius 1 is 0.767 bits per heavy atom. The summed E-state index contributed by atoms with van der Waals surface area (Å²) in [7, 11) is 0. The average Bonchev–Trinajstić information content (AvgIpc) is 2.81. The first-order valence-corrected chi connectivity index (χ1v) is 10.3. The van der Waals surface area contributed by atoms with Crippen LogP contribution >= 0.6 is 0 Å². The van der Waals surface area contributed by atoms with Crippen molar-refractivity contribution in [2.45, 2.75) is 12.3 Å². The van der Waals surface area contributed by atoms with Crippen LogP contribution in [0.4, 0.5) is 0 Å². The minimum atomic E-state index is -0.230. The van der Waals surface area contributed by atoms with Gasteiger partial charge in [0.15, 0.2) is 0 Å². The highest BCUT2D eigenvalue weighted by atomic mass is 16.5. The van der Waals surface area contributed by atoms with Gasteiger partial charge in [0, 0.05) is 5.39 Å². The van der Waals surface area contributed by atoms with Crippen molar-refractivity contribution in [3.8, 4) is 5.75 Å². The third-order valence-corrected chi connectivity index (χ3v) is 5.21. The van der Waals surface area contributed by atoms with Crippen LogP contribution in [0.25, 0.3) is 10.8 Å². The van der Waals surface area contributed by atoms with E-state index in [0.29, 0.717) is 19.6 Å². The molecule has 0 fully saturated rings. The molecular weight excluding hydrogens is 370 g/mol. The molecule has 3 heteroatoms. The van der Waals surface area contributed by atoms with Gasteiger partial charge in [-0.05, 0) is 29.0 Å². The van der Waals surface area contributed by atoms with Gasteiger partial charge in [0.2, 0.25) is 5.91 Å². The van der Waals surface area contributed by atoms with Crippen molar-refractivity contribution in [1.82, 2.24) is 5.32 Å². The van der Waals surface area contributed by atoms with Crippen LogP contribution in [0.15, 0.2) is 103 Å². The Hall–Kier alpha value is -3.59. The number of hydrogen-bond donors (Lipinski definition) is 1. The van der Waals surface area contributed by atoms with E-state index in [1.807, 2.05) is 72.8 Å². The Balaban J connectivity index is 1.39. The summed E-state index contributed by atoms with van der Waals surface area (Å²) in [6, 6.07) is 34.2. The van der Waals surface area contributed by atoms with Crippen molar-refractivity contribution in [2.24, 2.45) is 0 Å². The quantitative estimate of drug-likeness (QED) is 0.408. The van der Waals surface area contributed by atoms with Crippen LogP contribution in [-0.4, -0.2) is 19.1 Å². The first-order chi connectivity index (χ1) is 14.8. The molecule has 0 aliphatic heterocycles. The summed E-state index contributed by atoms with van der Waals surface area (Å²) in [5, 5.41) is 5.28. The molecule has 0 radical (unpaired) electrons. The molecule has 1 amide bonds. The molecule has 30 heavy (non-hydrogen) atoms. The van der Waals surface area contributed by atoms with Gasteiger partial charge in [0.1, 0.15) is 12.4 Å². The maximum Gasteiger partial charge on any atom is 0.227 e. The highest BCUT2D eigenvalue weighted by Crippen LogP contribution is 2.25. The van der Waals surface area contributed by atoms with E-state index >= 15 is 0 Å². The molecule has 0 spiro atoms. The fourth-order valence-corrected chi connectivity index (χ4v) is 3.68. The molecular formula is C27H25NO2. The normalized spacial score (nSPS) is 11.7. The zero-order valence-electron chi connectivity index (χ0n) is 16.8. The van der Waals surface area contributed by atoms with Crippen LogP contribution in [0.3, 0.4) is 0 Å². The van der Waals surface area contributed by atoms with Gasteiger partial charge in [-0.2, -0.15) is 0 Å². The molecule has 4 aromatic rings. The summed E-state index contributed by atoms with van der Waals surface area (Å²) in [5.74, 6) is 0.629. The third kappa shape index (κ3) is 4.87. The fraction of sp³-hybridized carbons (Fsp3) is 0.148. The van der Waals surface area contributed by atoms with E-state index in [4.69, 9.17) is 4.74 Å². The molecule has 1 N–H and O–H groups in total. The van der Waals surface area contributed by atoms with Crippen molar-refractivity contribution >= 4 is 16.7 Å². The van der Waals surface area contributed by atoms with Crippen molar-refractivity contribution in [3.63, 3.8) is 0 Å². The highest BCUT2D eigenvalue weighted by molar-refractivity contribution is 5.88. The predicted octanol–water partition coefficient (Wildman–Crippen LogP) is 5.36. The van der Waals surface area contributed by atoms with Gasteiger partial charge in [-0.25, -0.2) is 0 Å². The number of hydrogen-bond acceptors (Lipinski definition) is 2. The van der Waals surface area contributed by atoms with E-state index in [1.165, 1.54) is 0 Å². The van der Waals surface area contributed by atoms with Crippen LogP contribution in [0.5, 0.6) is 5.75 Å². The molecule has 0 aromatic heterocycles. The Morgan fingerprint density at radius 3 is 2.23 bits per heavy atom. The first kappa shape index (κ1) is 19.7. The second-order valence-corrected chi connectivity index (χ2v) is 7.27. The van der Waals surface area contributed by atoms with E-state index < -0.39 is 0 Å². The molecule has 0 heterocycles. The standard InChI is InChI=1S/C27H25NO2/c29-27(25(23-12-5-2-6-13-23)20-21-10-3-1-4-11-21)28-18-19-30-26-17-9-15-22-14-7-8-16-24(22)26/h1-17,25H,18-20H2,(H,28,29)/t25-/m0/s1. The number of rotatable bonds is 8. The van der Waals surface area contributed by atoms with Crippen LogP contribution in [0, 0.1) is 0 Å². The summed E-state index contributed by atoms with van der Waals surface area (Å²) >= 11 is 0. The lowest BCUT2D eigenvalue weighted by molar-refractivity contribution is -0.122. The summed E-state index contributed by atoms with van der Waals surface area (Å²) in [6.07, 6.45) is 0.668. The largest absolute Gasteiger partial charge is 0.491 e. The second kappa shape index (κ2) is 9.75. The lowest BCUT2D eigenvalue weighted by Crippen LogP contribution is -2.33. The van der Waals surface area contributed by atoms with Gasteiger partial charge in [0.05, 0.1) is 12.5 Å². The summed E-state index contributed by atoms with van der Waals surface area (Å²) in [6.45, 7) is 0.882. The molecule has 0 unspecified atom stereocenters. The highest BCUT2D eigenvalue weighted by Gasteiger charge is 2.20. The van der Waals surface area contributed by atoms with Crippen molar-refractivity contribution in [1.29, 1.82) is 0 Å². The predicted molar refractivity (Wildman–Crippen MR) is 122 cm³/mol. The topological polar surface area (TPSA) is 38.3 Å². The molecule has 4 rings (SSSR count). The molecule has 0 saturated carbocycles. The first-order valence-electron chi connectivity index (χ1n) is 10.3.